The fraction of sp³-hybridized carbons (Fsp3) is 0.667. The Hall–Kier alpha value is -1.80. The van der Waals surface area contributed by atoms with Gasteiger partial charge in [-0.3, -0.25) is 4.79 Å². The standard InChI is InChI=1S/C18H25N5O2S/c1-3-23-17(20-16(21-23)14-11-26-12(2)19-14)13-6-8-22(9-7-13)18(24)15-5-4-10-25-15/h11,13,15H,3-10H2,1-2H3/t15-/m1/s1. The number of hydrogen-bond acceptors (Lipinski definition) is 6. The summed E-state index contributed by atoms with van der Waals surface area (Å²) in [6.45, 7) is 7.12. The Balaban J connectivity index is 1.45. The number of hydrogen-bond donors (Lipinski definition) is 0. The third kappa shape index (κ3) is 3.40. The van der Waals surface area contributed by atoms with Crippen LogP contribution in [0.1, 0.15) is 49.4 Å². The fourth-order valence-corrected chi connectivity index (χ4v) is 4.39. The molecule has 26 heavy (non-hydrogen) atoms. The number of carbonyl (C=O) groups excluding carboxylic acids is 1. The van der Waals surface area contributed by atoms with Crippen LogP contribution in [0.2, 0.25) is 0 Å². The molecule has 0 aliphatic carbocycles. The number of carbonyl (C=O) groups is 1. The lowest BCUT2D eigenvalue weighted by Gasteiger charge is -2.32. The highest BCUT2D eigenvalue weighted by Gasteiger charge is 2.32. The van der Waals surface area contributed by atoms with E-state index in [-0.39, 0.29) is 12.0 Å². The van der Waals surface area contributed by atoms with Crippen LogP contribution in [-0.4, -0.2) is 56.4 Å². The minimum atomic E-state index is -0.217. The Labute approximate surface area is 157 Å². The van der Waals surface area contributed by atoms with Crippen LogP contribution in [0.25, 0.3) is 11.5 Å². The quantitative estimate of drug-likeness (QED) is 0.821. The molecule has 0 spiro atoms. The van der Waals surface area contributed by atoms with Gasteiger partial charge in [-0.1, -0.05) is 0 Å². The summed E-state index contributed by atoms with van der Waals surface area (Å²) in [5.41, 5.74) is 0.854. The molecule has 0 unspecified atom stereocenters. The zero-order valence-electron chi connectivity index (χ0n) is 15.3. The molecule has 1 atom stereocenters. The molecule has 0 aromatic carbocycles. The van der Waals surface area contributed by atoms with Crippen molar-refractivity contribution in [2.24, 2.45) is 0 Å². The molecule has 7 nitrogen and oxygen atoms in total. The second-order valence-corrected chi connectivity index (χ2v) is 8.02. The van der Waals surface area contributed by atoms with Crippen LogP contribution in [0.5, 0.6) is 0 Å². The smallest absolute Gasteiger partial charge is 0.251 e. The van der Waals surface area contributed by atoms with E-state index in [1.807, 2.05) is 21.9 Å². The lowest BCUT2D eigenvalue weighted by atomic mass is 9.95. The van der Waals surface area contributed by atoms with Gasteiger partial charge >= 0.3 is 0 Å². The topological polar surface area (TPSA) is 73.1 Å². The molecular weight excluding hydrogens is 350 g/mol. The van der Waals surface area contributed by atoms with Gasteiger partial charge in [-0.2, -0.15) is 0 Å². The van der Waals surface area contributed by atoms with Gasteiger partial charge in [0, 0.05) is 37.5 Å². The van der Waals surface area contributed by atoms with Gasteiger partial charge in [0.05, 0.1) is 5.01 Å². The first-order chi connectivity index (χ1) is 12.7. The summed E-state index contributed by atoms with van der Waals surface area (Å²) in [6.07, 6.45) is 3.48. The average Bonchev–Trinajstić information content (AvgIpc) is 3.41. The molecule has 2 fully saturated rings. The van der Waals surface area contributed by atoms with Crippen molar-refractivity contribution in [3.63, 3.8) is 0 Å². The molecule has 140 valence electrons. The first-order valence-corrected chi connectivity index (χ1v) is 10.3. The van der Waals surface area contributed by atoms with Crippen LogP contribution in [0.4, 0.5) is 0 Å². The van der Waals surface area contributed by atoms with E-state index < -0.39 is 0 Å². The number of thiazole rings is 1. The molecule has 2 saturated heterocycles. The maximum atomic E-state index is 12.5. The van der Waals surface area contributed by atoms with Gasteiger partial charge in [0.25, 0.3) is 5.91 Å². The molecule has 0 bridgehead atoms. The van der Waals surface area contributed by atoms with Gasteiger partial charge in [-0.25, -0.2) is 14.6 Å². The van der Waals surface area contributed by atoms with Crippen LogP contribution in [0, 0.1) is 6.92 Å². The van der Waals surface area contributed by atoms with Crippen molar-refractivity contribution in [3.05, 3.63) is 16.2 Å². The normalized spacial score (nSPS) is 21.5. The molecule has 0 radical (unpaired) electrons. The highest BCUT2D eigenvalue weighted by molar-refractivity contribution is 7.09. The number of nitrogens with zero attached hydrogens (tertiary/aromatic N) is 5. The number of piperidine rings is 1. The predicted octanol–water partition coefficient (Wildman–Crippen LogP) is 2.61. The summed E-state index contributed by atoms with van der Waals surface area (Å²) in [6, 6.07) is 0. The van der Waals surface area contributed by atoms with Crippen LogP contribution in [-0.2, 0) is 16.1 Å². The lowest BCUT2D eigenvalue weighted by molar-refractivity contribution is -0.142. The van der Waals surface area contributed by atoms with Crippen molar-refractivity contribution >= 4 is 17.2 Å². The van der Waals surface area contributed by atoms with Gasteiger partial charge in [0.15, 0.2) is 0 Å². The summed E-state index contributed by atoms with van der Waals surface area (Å²) in [5, 5.41) is 7.69. The zero-order chi connectivity index (χ0) is 18.1. The van der Waals surface area contributed by atoms with E-state index in [1.54, 1.807) is 11.3 Å². The largest absolute Gasteiger partial charge is 0.368 e. The van der Waals surface area contributed by atoms with Crippen molar-refractivity contribution in [1.29, 1.82) is 0 Å². The summed E-state index contributed by atoms with van der Waals surface area (Å²) < 4.78 is 7.54. The number of aromatic nitrogens is 4. The van der Waals surface area contributed by atoms with Crippen molar-refractivity contribution in [3.8, 4) is 11.5 Å². The van der Waals surface area contributed by atoms with Gasteiger partial charge in [-0.15, -0.1) is 16.4 Å². The van der Waals surface area contributed by atoms with E-state index >= 15 is 0 Å². The Morgan fingerprint density at radius 3 is 2.73 bits per heavy atom. The second-order valence-electron chi connectivity index (χ2n) is 6.96. The Morgan fingerprint density at radius 1 is 1.31 bits per heavy atom. The second kappa shape index (κ2) is 7.44. The van der Waals surface area contributed by atoms with Crippen LogP contribution in [0.3, 0.4) is 0 Å². The van der Waals surface area contributed by atoms with Crippen molar-refractivity contribution < 1.29 is 9.53 Å². The Kier molecular flexibility index (Phi) is 5.04. The van der Waals surface area contributed by atoms with Crippen molar-refractivity contribution in [2.75, 3.05) is 19.7 Å². The van der Waals surface area contributed by atoms with E-state index in [2.05, 4.69) is 17.0 Å². The minimum absolute atomic E-state index is 0.163. The molecule has 4 heterocycles. The zero-order valence-corrected chi connectivity index (χ0v) is 16.2. The molecule has 0 N–H and O–H groups in total. The number of rotatable bonds is 4. The minimum Gasteiger partial charge on any atom is -0.368 e. The predicted molar refractivity (Wildman–Crippen MR) is 99.1 cm³/mol. The summed E-state index contributed by atoms with van der Waals surface area (Å²) >= 11 is 1.62. The van der Waals surface area contributed by atoms with Gasteiger partial charge in [0.1, 0.15) is 17.6 Å². The molecule has 2 aliphatic rings. The van der Waals surface area contributed by atoms with E-state index in [0.29, 0.717) is 18.3 Å². The van der Waals surface area contributed by atoms with Gasteiger partial charge in [-0.05, 0) is 39.5 Å². The molecule has 4 rings (SSSR count). The summed E-state index contributed by atoms with van der Waals surface area (Å²) in [5.74, 6) is 2.24. The molecule has 2 aliphatic heterocycles. The van der Waals surface area contributed by atoms with Crippen LogP contribution < -0.4 is 0 Å². The van der Waals surface area contributed by atoms with Crippen molar-refractivity contribution in [1.82, 2.24) is 24.6 Å². The first kappa shape index (κ1) is 17.6. The SMILES string of the molecule is CCn1nc(-c2csc(C)n2)nc1C1CCN(C(=O)[C@H]2CCCO2)CC1. The van der Waals surface area contributed by atoms with E-state index in [4.69, 9.17) is 9.72 Å². The van der Waals surface area contributed by atoms with E-state index in [1.165, 1.54) is 0 Å². The van der Waals surface area contributed by atoms with E-state index in [0.717, 1.165) is 61.8 Å². The van der Waals surface area contributed by atoms with Gasteiger partial charge in [0.2, 0.25) is 5.82 Å². The maximum absolute atomic E-state index is 12.5. The highest BCUT2D eigenvalue weighted by Crippen LogP contribution is 2.30. The molecule has 2 aromatic rings. The highest BCUT2D eigenvalue weighted by atomic mass is 32.1. The third-order valence-corrected chi connectivity index (χ3v) is 6.00. The summed E-state index contributed by atoms with van der Waals surface area (Å²) in [7, 11) is 0. The molecule has 0 saturated carbocycles. The van der Waals surface area contributed by atoms with Crippen LogP contribution in [0.15, 0.2) is 5.38 Å². The molecule has 8 heteroatoms. The molecule has 2 aromatic heterocycles. The Bertz CT molecular complexity index is 772. The average molecular weight is 375 g/mol. The maximum Gasteiger partial charge on any atom is 0.251 e. The molecular formula is C18H25N5O2S. The molecule has 1 amide bonds. The van der Waals surface area contributed by atoms with Crippen LogP contribution >= 0.6 is 11.3 Å². The Morgan fingerprint density at radius 2 is 2.12 bits per heavy atom. The third-order valence-electron chi connectivity index (χ3n) is 5.22. The number of amides is 1. The number of aryl methyl sites for hydroxylation is 2. The van der Waals surface area contributed by atoms with E-state index in [9.17, 15) is 4.79 Å². The number of ether oxygens (including phenoxy) is 1. The number of likely N-dealkylation sites (tertiary alicyclic amines) is 1. The fourth-order valence-electron chi connectivity index (χ4n) is 3.80. The van der Waals surface area contributed by atoms with Gasteiger partial charge < -0.3 is 9.64 Å². The first-order valence-electron chi connectivity index (χ1n) is 9.43. The lowest BCUT2D eigenvalue weighted by Crippen LogP contribution is -2.43. The summed E-state index contributed by atoms with van der Waals surface area (Å²) in [4.78, 5) is 23.8. The van der Waals surface area contributed by atoms with Crippen molar-refractivity contribution in [2.45, 2.75) is 58.1 Å². The monoisotopic (exact) mass is 375 g/mol.